The third kappa shape index (κ3) is 1.58. The Morgan fingerprint density at radius 1 is 1.15 bits per heavy atom. The first kappa shape index (κ1) is 11.1. The van der Waals surface area contributed by atoms with Crippen molar-refractivity contribution < 1.29 is 0 Å². The molecule has 2 saturated carbocycles. The zero-order chi connectivity index (χ0) is 13.2. The zero-order valence-electron chi connectivity index (χ0n) is 11.6. The SMILES string of the molecule is c1cn2c(C3CC3)nnc2c(N2CCCC3(CC3)C2)n1. The van der Waals surface area contributed by atoms with Gasteiger partial charge < -0.3 is 4.90 Å². The van der Waals surface area contributed by atoms with E-state index in [4.69, 9.17) is 0 Å². The van der Waals surface area contributed by atoms with Crippen molar-refractivity contribution in [3.05, 3.63) is 18.2 Å². The van der Waals surface area contributed by atoms with Gasteiger partial charge in [-0.05, 0) is 43.9 Å². The minimum Gasteiger partial charge on any atom is -0.353 e. The summed E-state index contributed by atoms with van der Waals surface area (Å²) in [5.74, 6) is 2.79. The number of piperidine rings is 1. The molecule has 2 aromatic heterocycles. The number of hydrogen-bond acceptors (Lipinski definition) is 4. The summed E-state index contributed by atoms with van der Waals surface area (Å²) in [6.07, 6.45) is 11.9. The molecule has 3 heterocycles. The van der Waals surface area contributed by atoms with Gasteiger partial charge in [0.05, 0.1) is 0 Å². The van der Waals surface area contributed by atoms with E-state index in [2.05, 4.69) is 24.5 Å². The van der Waals surface area contributed by atoms with Crippen molar-refractivity contribution in [2.24, 2.45) is 5.41 Å². The summed E-state index contributed by atoms with van der Waals surface area (Å²) in [6.45, 7) is 2.27. The maximum Gasteiger partial charge on any atom is 0.203 e. The summed E-state index contributed by atoms with van der Waals surface area (Å²) in [7, 11) is 0. The Balaban J connectivity index is 1.57. The number of aromatic nitrogens is 4. The molecule has 5 heteroatoms. The number of nitrogens with zero attached hydrogens (tertiary/aromatic N) is 5. The van der Waals surface area contributed by atoms with E-state index in [1.807, 2.05) is 12.4 Å². The molecular formula is C15H19N5. The molecule has 0 amide bonds. The molecular weight excluding hydrogens is 250 g/mol. The lowest BCUT2D eigenvalue weighted by Gasteiger charge is -2.33. The fraction of sp³-hybridized carbons (Fsp3) is 0.667. The molecule has 3 aliphatic rings. The second-order valence-electron chi connectivity index (χ2n) is 6.80. The van der Waals surface area contributed by atoms with Crippen LogP contribution in [0.4, 0.5) is 5.82 Å². The summed E-state index contributed by atoms with van der Waals surface area (Å²) < 4.78 is 2.16. The van der Waals surface area contributed by atoms with Crippen LogP contribution in [0.5, 0.6) is 0 Å². The Morgan fingerprint density at radius 3 is 2.85 bits per heavy atom. The van der Waals surface area contributed by atoms with Gasteiger partial charge in [-0.15, -0.1) is 10.2 Å². The third-order valence-electron chi connectivity index (χ3n) is 5.20. The molecule has 0 aromatic carbocycles. The van der Waals surface area contributed by atoms with Crippen LogP contribution in [0.1, 0.15) is 50.3 Å². The van der Waals surface area contributed by atoms with Crippen LogP contribution in [0, 0.1) is 5.41 Å². The van der Waals surface area contributed by atoms with Crippen molar-refractivity contribution >= 4 is 11.5 Å². The van der Waals surface area contributed by atoms with E-state index in [1.54, 1.807) is 0 Å². The van der Waals surface area contributed by atoms with E-state index >= 15 is 0 Å². The fourth-order valence-electron chi connectivity index (χ4n) is 3.65. The summed E-state index contributed by atoms with van der Waals surface area (Å²) >= 11 is 0. The van der Waals surface area contributed by atoms with E-state index in [9.17, 15) is 0 Å². The molecule has 5 rings (SSSR count). The van der Waals surface area contributed by atoms with Crippen molar-refractivity contribution in [1.82, 2.24) is 19.6 Å². The van der Waals surface area contributed by atoms with Crippen molar-refractivity contribution in [1.29, 1.82) is 0 Å². The van der Waals surface area contributed by atoms with Crippen molar-refractivity contribution in [3.63, 3.8) is 0 Å². The first-order valence-electron chi connectivity index (χ1n) is 7.79. The maximum absolute atomic E-state index is 4.62. The standard InChI is InChI=1S/C15H19N5/c1-4-15(5-6-15)10-19(8-1)13-14-18-17-12(11-2-3-11)20(14)9-7-16-13/h7,9,11H,1-6,8,10H2. The highest BCUT2D eigenvalue weighted by atomic mass is 15.3. The molecule has 0 unspecified atom stereocenters. The predicted octanol–water partition coefficient (Wildman–Crippen LogP) is 2.38. The number of anilines is 1. The highest BCUT2D eigenvalue weighted by Gasteiger charge is 2.46. The smallest absolute Gasteiger partial charge is 0.203 e. The Labute approximate surface area is 118 Å². The highest BCUT2D eigenvalue weighted by Crippen LogP contribution is 2.52. The molecule has 3 fully saturated rings. The quantitative estimate of drug-likeness (QED) is 0.839. The summed E-state index contributed by atoms with van der Waals surface area (Å²) in [5.41, 5.74) is 1.55. The monoisotopic (exact) mass is 269 g/mol. The summed E-state index contributed by atoms with van der Waals surface area (Å²) in [4.78, 5) is 7.06. The second kappa shape index (κ2) is 3.71. The lowest BCUT2D eigenvalue weighted by Crippen LogP contribution is -2.37. The van der Waals surface area contributed by atoms with Crippen LogP contribution in [0.25, 0.3) is 5.65 Å². The molecule has 0 bridgehead atoms. The van der Waals surface area contributed by atoms with E-state index in [-0.39, 0.29) is 0 Å². The van der Waals surface area contributed by atoms with Crippen LogP contribution in [0.15, 0.2) is 12.4 Å². The maximum atomic E-state index is 4.62. The highest BCUT2D eigenvalue weighted by molar-refractivity contribution is 5.64. The predicted molar refractivity (Wildman–Crippen MR) is 75.9 cm³/mol. The number of rotatable bonds is 2. The normalized spacial score (nSPS) is 24.5. The van der Waals surface area contributed by atoms with Crippen LogP contribution in [0.3, 0.4) is 0 Å². The van der Waals surface area contributed by atoms with Gasteiger partial charge in [-0.25, -0.2) is 4.98 Å². The second-order valence-corrected chi connectivity index (χ2v) is 6.80. The largest absolute Gasteiger partial charge is 0.353 e. The average molecular weight is 269 g/mol. The molecule has 1 aliphatic heterocycles. The summed E-state index contributed by atoms with van der Waals surface area (Å²) in [5, 5.41) is 8.84. The van der Waals surface area contributed by atoms with E-state index < -0.39 is 0 Å². The van der Waals surface area contributed by atoms with Crippen molar-refractivity contribution in [3.8, 4) is 0 Å². The zero-order valence-corrected chi connectivity index (χ0v) is 11.6. The topological polar surface area (TPSA) is 46.3 Å². The first-order valence-corrected chi connectivity index (χ1v) is 7.79. The van der Waals surface area contributed by atoms with Gasteiger partial charge >= 0.3 is 0 Å². The van der Waals surface area contributed by atoms with Crippen molar-refractivity contribution in [2.75, 3.05) is 18.0 Å². The lowest BCUT2D eigenvalue weighted by molar-refractivity contribution is 0.394. The molecule has 2 aliphatic carbocycles. The first-order chi connectivity index (χ1) is 9.85. The minimum atomic E-state index is 0.603. The van der Waals surface area contributed by atoms with Gasteiger partial charge in [0.15, 0.2) is 5.82 Å². The van der Waals surface area contributed by atoms with Gasteiger partial charge in [0, 0.05) is 31.4 Å². The fourth-order valence-corrected chi connectivity index (χ4v) is 3.65. The van der Waals surface area contributed by atoms with Gasteiger partial charge in [0.1, 0.15) is 5.82 Å². The molecule has 2 aromatic rings. The van der Waals surface area contributed by atoms with Gasteiger partial charge in [-0.1, -0.05) is 0 Å². The summed E-state index contributed by atoms with van der Waals surface area (Å²) in [6, 6.07) is 0. The molecule has 20 heavy (non-hydrogen) atoms. The minimum absolute atomic E-state index is 0.603. The van der Waals surface area contributed by atoms with Gasteiger partial charge in [-0.3, -0.25) is 4.40 Å². The van der Waals surface area contributed by atoms with Crippen molar-refractivity contribution in [2.45, 2.75) is 44.4 Å². The molecule has 5 nitrogen and oxygen atoms in total. The molecule has 1 spiro atoms. The molecule has 1 saturated heterocycles. The van der Waals surface area contributed by atoms with Gasteiger partial charge in [0.2, 0.25) is 5.65 Å². The lowest BCUT2D eigenvalue weighted by atomic mass is 9.95. The molecule has 0 radical (unpaired) electrons. The average Bonchev–Trinajstić information content (AvgIpc) is 3.40. The van der Waals surface area contributed by atoms with Crippen LogP contribution >= 0.6 is 0 Å². The Bertz CT molecular complexity index is 668. The molecule has 104 valence electrons. The Morgan fingerprint density at radius 2 is 2.05 bits per heavy atom. The Hall–Kier alpha value is -1.65. The Kier molecular flexibility index (Phi) is 2.05. The third-order valence-corrected chi connectivity index (χ3v) is 5.20. The van der Waals surface area contributed by atoms with Crippen LogP contribution < -0.4 is 4.90 Å². The van der Waals surface area contributed by atoms with Gasteiger partial charge in [0.25, 0.3) is 0 Å². The van der Waals surface area contributed by atoms with Gasteiger partial charge in [-0.2, -0.15) is 0 Å². The number of fused-ring (bicyclic) bond motifs is 1. The van der Waals surface area contributed by atoms with E-state index in [1.165, 1.54) is 38.5 Å². The molecule has 0 N–H and O–H groups in total. The molecule has 0 atom stereocenters. The van der Waals surface area contributed by atoms with Crippen LogP contribution in [-0.2, 0) is 0 Å². The van der Waals surface area contributed by atoms with Crippen LogP contribution in [-0.4, -0.2) is 32.7 Å². The number of hydrogen-bond donors (Lipinski definition) is 0. The van der Waals surface area contributed by atoms with E-state index in [0.29, 0.717) is 11.3 Å². The van der Waals surface area contributed by atoms with Crippen LogP contribution in [0.2, 0.25) is 0 Å². The van der Waals surface area contributed by atoms with E-state index in [0.717, 1.165) is 30.4 Å².